The summed E-state index contributed by atoms with van der Waals surface area (Å²) in [6.45, 7) is 3.38. The van der Waals surface area contributed by atoms with Gasteiger partial charge >= 0.3 is 12.5 Å². The van der Waals surface area contributed by atoms with E-state index in [0.717, 1.165) is 6.07 Å². The van der Waals surface area contributed by atoms with Crippen molar-refractivity contribution in [2.45, 2.75) is 32.3 Å². The molecule has 0 radical (unpaired) electrons. The molecule has 1 aromatic rings. The Kier molecular flexibility index (Phi) is 3.90. The molecule has 0 bridgehead atoms. The van der Waals surface area contributed by atoms with Gasteiger partial charge < -0.3 is 4.74 Å². The molecule has 0 fully saturated rings. The van der Waals surface area contributed by atoms with E-state index >= 15 is 0 Å². The highest BCUT2D eigenvalue weighted by Crippen LogP contribution is 2.30. The van der Waals surface area contributed by atoms with Crippen LogP contribution in [0.2, 0.25) is 0 Å². The highest BCUT2D eigenvalue weighted by Gasteiger charge is 2.44. The van der Waals surface area contributed by atoms with Gasteiger partial charge in [0.25, 0.3) is 0 Å². The second-order valence-electron chi connectivity index (χ2n) is 3.66. The summed E-state index contributed by atoms with van der Waals surface area (Å²) in [5, 5.41) is 0. The number of rotatable bonds is 4. The Balaban J connectivity index is 3.01. The van der Waals surface area contributed by atoms with Crippen molar-refractivity contribution in [3.63, 3.8) is 0 Å². The molecule has 0 aromatic carbocycles. The highest BCUT2D eigenvalue weighted by molar-refractivity contribution is 5.26. The van der Waals surface area contributed by atoms with Crippen LogP contribution in [0.25, 0.3) is 0 Å². The van der Waals surface area contributed by atoms with Crippen LogP contribution in [0.1, 0.15) is 25.5 Å². The van der Waals surface area contributed by atoms with Crippen molar-refractivity contribution in [1.82, 2.24) is 4.98 Å². The minimum absolute atomic E-state index is 0.168. The van der Waals surface area contributed by atoms with Gasteiger partial charge in [0, 0.05) is 11.8 Å². The zero-order chi connectivity index (χ0) is 13.2. The first-order valence-electron chi connectivity index (χ1n) is 4.74. The number of hydrogen-bond acceptors (Lipinski definition) is 2. The van der Waals surface area contributed by atoms with E-state index in [-0.39, 0.29) is 11.6 Å². The van der Waals surface area contributed by atoms with Gasteiger partial charge in [-0.15, -0.1) is 0 Å². The molecule has 1 rings (SSSR count). The smallest absolute Gasteiger partial charge is 0.425 e. The molecule has 0 aliphatic carbocycles. The first kappa shape index (κ1) is 13.7. The number of alkyl halides is 4. The Morgan fingerprint density at radius 1 is 1.29 bits per heavy atom. The van der Waals surface area contributed by atoms with Crippen LogP contribution in [0.3, 0.4) is 0 Å². The predicted octanol–water partition coefficient (Wildman–Crippen LogP) is 3.58. The topological polar surface area (TPSA) is 22.1 Å². The van der Waals surface area contributed by atoms with Crippen LogP contribution in [0.15, 0.2) is 12.3 Å². The molecule has 1 heterocycles. The SMILES string of the molecule is CC(C)c1cc(OC(F)(F)C(F)F)c(F)cn1. The van der Waals surface area contributed by atoms with Crippen LogP contribution in [-0.2, 0) is 0 Å². The van der Waals surface area contributed by atoms with Gasteiger partial charge in [-0.05, 0) is 5.92 Å². The first-order valence-corrected chi connectivity index (χ1v) is 4.74. The highest BCUT2D eigenvalue weighted by atomic mass is 19.3. The number of nitrogens with zero attached hydrogens (tertiary/aromatic N) is 1. The Morgan fingerprint density at radius 3 is 2.35 bits per heavy atom. The molecular weight excluding hydrogens is 245 g/mol. The summed E-state index contributed by atoms with van der Waals surface area (Å²) >= 11 is 0. The summed E-state index contributed by atoms with van der Waals surface area (Å²) in [4.78, 5) is 3.63. The quantitative estimate of drug-likeness (QED) is 0.767. The molecule has 0 aliphatic heterocycles. The lowest BCUT2D eigenvalue weighted by Gasteiger charge is -2.17. The summed E-state index contributed by atoms with van der Waals surface area (Å²) in [6, 6.07) is 0.885. The summed E-state index contributed by atoms with van der Waals surface area (Å²) in [6.07, 6.45) is -8.10. The number of halogens is 5. The maximum Gasteiger partial charge on any atom is 0.461 e. The zero-order valence-corrected chi connectivity index (χ0v) is 9.05. The molecule has 17 heavy (non-hydrogen) atoms. The lowest BCUT2D eigenvalue weighted by Crippen LogP contribution is -2.33. The maximum absolute atomic E-state index is 13.1. The minimum atomic E-state index is -4.73. The van der Waals surface area contributed by atoms with Crippen molar-refractivity contribution in [2.24, 2.45) is 0 Å². The summed E-state index contributed by atoms with van der Waals surface area (Å²) < 4.78 is 65.7. The van der Waals surface area contributed by atoms with E-state index in [1.807, 2.05) is 0 Å². The van der Waals surface area contributed by atoms with Gasteiger partial charge in [0.15, 0.2) is 11.6 Å². The Bertz CT molecular complexity index is 394. The van der Waals surface area contributed by atoms with E-state index in [1.54, 1.807) is 13.8 Å². The number of ether oxygens (including phenoxy) is 1. The van der Waals surface area contributed by atoms with E-state index in [4.69, 9.17) is 0 Å². The molecule has 0 spiro atoms. The minimum Gasteiger partial charge on any atom is -0.425 e. The van der Waals surface area contributed by atoms with Gasteiger partial charge in [0.2, 0.25) is 0 Å². The van der Waals surface area contributed by atoms with Crippen molar-refractivity contribution in [2.75, 3.05) is 0 Å². The standard InChI is InChI=1S/C10H10F5NO/c1-5(2)7-3-8(6(11)4-16-7)17-10(14,15)9(12)13/h3-5,9H,1-2H3. The van der Waals surface area contributed by atoms with Crippen LogP contribution < -0.4 is 4.74 Å². The lowest BCUT2D eigenvalue weighted by molar-refractivity contribution is -0.254. The monoisotopic (exact) mass is 255 g/mol. The van der Waals surface area contributed by atoms with Crippen LogP contribution in [-0.4, -0.2) is 17.5 Å². The van der Waals surface area contributed by atoms with Gasteiger partial charge in [-0.2, -0.15) is 17.6 Å². The molecule has 0 saturated heterocycles. The molecule has 2 nitrogen and oxygen atoms in total. The van der Waals surface area contributed by atoms with E-state index in [0.29, 0.717) is 6.20 Å². The largest absolute Gasteiger partial charge is 0.461 e. The van der Waals surface area contributed by atoms with Crippen molar-refractivity contribution >= 4 is 0 Å². The molecular formula is C10H10F5NO. The normalized spacial score (nSPS) is 12.3. The predicted molar refractivity (Wildman–Crippen MR) is 49.9 cm³/mol. The zero-order valence-electron chi connectivity index (χ0n) is 9.05. The number of pyridine rings is 1. The van der Waals surface area contributed by atoms with Gasteiger partial charge in [-0.1, -0.05) is 13.8 Å². The van der Waals surface area contributed by atoms with Crippen LogP contribution in [0.4, 0.5) is 22.0 Å². The van der Waals surface area contributed by atoms with Gasteiger partial charge in [-0.25, -0.2) is 4.39 Å². The third-order valence-electron chi connectivity index (χ3n) is 1.93. The molecule has 0 unspecified atom stereocenters. The molecule has 0 N–H and O–H groups in total. The molecule has 1 aromatic heterocycles. The van der Waals surface area contributed by atoms with E-state index < -0.39 is 24.1 Å². The maximum atomic E-state index is 13.1. The second kappa shape index (κ2) is 4.85. The fraction of sp³-hybridized carbons (Fsp3) is 0.500. The summed E-state index contributed by atoms with van der Waals surface area (Å²) in [7, 11) is 0. The van der Waals surface area contributed by atoms with Crippen molar-refractivity contribution in [3.8, 4) is 5.75 Å². The Labute approximate surface area is 94.4 Å². The van der Waals surface area contributed by atoms with Gasteiger partial charge in [-0.3, -0.25) is 4.98 Å². The third kappa shape index (κ3) is 3.28. The fourth-order valence-corrected chi connectivity index (χ4v) is 1.02. The van der Waals surface area contributed by atoms with Gasteiger partial charge in [0.1, 0.15) is 0 Å². The first-order chi connectivity index (χ1) is 7.74. The molecule has 96 valence electrons. The number of aromatic nitrogens is 1. The fourth-order valence-electron chi connectivity index (χ4n) is 1.02. The molecule has 0 aliphatic rings. The van der Waals surface area contributed by atoms with Crippen molar-refractivity contribution < 1.29 is 26.7 Å². The number of hydrogen-bond donors (Lipinski definition) is 0. The molecule has 7 heteroatoms. The Hall–Kier alpha value is -1.40. The molecule has 0 saturated carbocycles. The summed E-state index contributed by atoms with van der Waals surface area (Å²) in [5.74, 6) is -2.32. The molecule has 0 amide bonds. The van der Waals surface area contributed by atoms with E-state index in [1.165, 1.54) is 0 Å². The lowest BCUT2D eigenvalue weighted by atomic mass is 10.1. The van der Waals surface area contributed by atoms with Crippen LogP contribution in [0.5, 0.6) is 5.75 Å². The summed E-state index contributed by atoms with van der Waals surface area (Å²) in [5.41, 5.74) is 0.270. The van der Waals surface area contributed by atoms with Gasteiger partial charge in [0.05, 0.1) is 6.20 Å². The van der Waals surface area contributed by atoms with Crippen molar-refractivity contribution in [1.29, 1.82) is 0 Å². The van der Waals surface area contributed by atoms with E-state index in [9.17, 15) is 22.0 Å². The van der Waals surface area contributed by atoms with Crippen LogP contribution in [0, 0.1) is 5.82 Å². The van der Waals surface area contributed by atoms with Crippen LogP contribution >= 0.6 is 0 Å². The third-order valence-corrected chi connectivity index (χ3v) is 1.93. The van der Waals surface area contributed by atoms with Crippen molar-refractivity contribution in [3.05, 3.63) is 23.8 Å². The van der Waals surface area contributed by atoms with E-state index in [2.05, 4.69) is 9.72 Å². The average molecular weight is 255 g/mol. The second-order valence-corrected chi connectivity index (χ2v) is 3.66. The average Bonchev–Trinajstić information content (AvgIpc) is 2.20. The Morgan fingerprint density at radius 2 is 1.88 bits per heavy atom. The molecule has 0 atom stereocenters.